The summed E-state index contributed by atoms with van der Waals surface area (Å²) in [5.74, 6) is 0.202. The van der Waals surface area contributed by atoms with Crippen molar-refractivity contribution in [1.82, 2.24) is 15.1 Å². The number of nitrogens with zero attached hydrogens (tertiary/aromatic N) is 2. The van der Waals surface area contributed by atoms with Crippen molar-refractivity contribution in [1.29, 1.82) is 0 Å². The molecule has 2 N–H and O–H groups in total. The minimum atomic E-state index is -0.343. The van der Waals surface area contributed by atoms with E-state index in [2.05, 4.69) is 15.7 Å². The topological polar surface area (TPSA) is 85.2 Å². The highest BCUT2D eigenvalue weighted by Crippen LogP contribution is 2.28. The number of carbonyl (C=O) groups is 2. The number of aromatic nitrogens is 2. The molecule has 0 saturated carbocycles. The summed E-state index contributed by atoms with van der Waals surface area (Å²) in [5.41, 5.74) is 1.95. The lowest BCUT2D eigenvalue weighted by atomic mass is 10.1. The first kappa shape index (κ1) is 23.6. The Morgan fingerprint density at radius 2 is 1.81 bits per heavy atom. The molecule has 0 aliphatic carbocycles. The second kappa shape index (κ2) is 10.5. The first-order valence-electron chi connectivity index (χ1n) is 10.0. The molecule has 0 saturated heterocycles. The van der Waals surface area contributed by atoms with E-state index in [0.717, 1.165) is 5.56 Å². The highest BCUT2D eigenvalue weighted by Gasteiger charge is 2.19. The van der Waals surface area contributed by atoms with Crippen LogP contribution >= 0.6 is 23.2 Å². The molecule has 0 aliphatic heterocycles. The molecule has 2 amide bonds. The summed E-state index contributed by atoms with van der Waals surface area (Å²) in [4.78, 5) is 25.2. The Morgan fingerprint density at radius 1 is 1.09 bits per heavy atom. The maximum atomic E-state index is 12.7. The molecule has 2 aromatic carbocycles. The van der Waals surface area contributed by atoms with E-state index in [9.17, 15) is 9.59 Å². The molecule has 7 nitrogen and oxygen atoms in total. The van der Waals surface area contributed by atoms with Crippen LogP contribution < -0.4 is 15.4 Å². The number of rotatable bonds is 8. The quantitative estimate of drug-likeness (QED) is 0.483. The lowest BCUT2D eigenvalue weighted by molar-refractivity contribution is 0.0940. The average molecular weight is 475 g/mol. The highest BCUT2D eigenvalue weighted by atomic mass is 35.5. The number of hydrogen-bond donors (Lipinski definition) is 2. The maximum Gasteiger partial charge on any atom is 0.271 e. The van der Waals surface area contributed by atoms with Crippen LogP contribution in [-0.2, 0) is 13.7 Å². The summed E-state index contributed by atoms with van der Waals surface area (Å²) in [6.45, 7) is 4.82. The van der Waals surface area contributed by atoms with Gasteiger partial charge in [0.25, 0.3) is 11.8 Å². The first-order chi connectivity index (χ1) is 15.2. The van der Waals surface area contributed by atoms with Crippen LogP contribution in [0.15, 0.2) is 48.7 Å². The molecule has 0 fully saturated rings. The third kappa shape index (κ3) is 6.02. The van der Waals surface area contributed by atoms with Crippen molar-refractivity contribution in [2.24, 2.45) is 13.0 Å². The lowest BCUT2D eigenvalue weighted by Gasteiger charge is -2.11. The standard InChI is InChI=1S/C23H24Cl2N4O3/c1-14(2)11-26-23(31)21-19(12-27-29(21)3)28-22(30)16-6-4-15(5-7-16)13-32-20-9-8-17(24)10-18(20)25/h4-10,12,14H,11,13H2,1-3H3,(H,26,31)(H,28,30). The van der Waals surface area contributed by atoms with Crippen molar-refractivity contribution in [2.45, 2.75) is 20.5 Å². The number of anilines is 1. The van der Waals surface area contributed by atoms with Crippen molar-refractivity contribution in [2.75, 3.05) is 11.9 Å². The molecule has 0 spiro atoms. The van der Waals surface area contributed by atoms with E-state index in [1.165, 1.54) is 10.9 Å². The van der Waals surface area contributed by atoms with E-state index in [1.807, 2.05) is 13.8 Å². The van der Waals surface area contributed by atoms with Gasteiger partial charge in [-0.3, -0.25) is 14.3 Å². The summed E-state index contributed by atoms with van der Waals surface area (Å²) in [5, 5.41) is 10.7. The van der Waals surface area contributed by atoms with Gasteiger partial charge in [-0.2, -0.15) is 5.10 Å². The smallest absolute Gasteiger partial charge is 0.271 e. The zero-order chi connectivity index (χ0) is 23.3. The average Bonchev–Trinajstić information content (AvgIpc) is 3.11. The minimum absolute atomic E-state index is 0.284. The fourth-order valence-corrected chi connectivity index (χ4v) is 3.34. The Hall–Kier alpha value is -3.03. The van der Waals surface area contributed by atoms with Gasteiger partial charge in [-0.1, -0.05) is 49.2 Å². The predicted octanol–water partition coefficient (Wildman–Crippen LogP) is 4.94. The number of benzene rings is 2. The number of hydrogen-bond acceptors (Lipinski definition) is 4. The molecular weight excluding hydrogens is 451 g/mol. The van der Waals surface area contributed by atoms with Gasteiger partial charge >= 0.3 is 0 Å². The maximum absolute atomic E-state index is 12.7. The van der Waals surface area contributed by atoms with Gasteiger partial charge < -0.3 is 15.4 Å². The first-order valence-corrected chi connectivity index (χ1v) is 10.8. The molecular formula is C23H24Cl2N4O3. The predicted molar refractivity (Wildman–Crippen MR) is 126 cm³/mol. The number of aryl methyl sites for hydroxylation is 1. The number of carbonyl (C=O) groups excluding carboxylic acids is 2. The fraction of sp³-hybridized carbons (Fsp3) is 0.261. The van der Waals surface area contributed by atoms with E-state index >= 15 is 0 Å². The Labute approximate surface area is 196 Å². The number of amides is 2. The molecule has 168 valence electrons. The van der Waals surface area contributed by atoms with Crippen molar-refractivity contribution in [3.63, 3.8) is 0 Å². The Bertz CT molecular complexity index is 1110. The fourth-order valence-electron chi connectivity index (χ4n) is 2.88. The van der Waals surface area contributed by atoms with Crippen LogP contribution in [0.4, 0.5) is 5.69 Å². The lowest BCUT2D eigenvalue weighted by Crippen LogP contribution is -2.30. The molecule has 3 rings (SSSR count). The van der Waals surface area contributed by atoms with Gasteiger partial charge in [0.05, 0.1) is 16.9 Å². The Kier molecular flexibility index (Phi) is 7.77. The summed E-state index contributed by atoms with van der Waals surface area (Å²) in [6, 6.07) is 12.0. The van der Waals surface area contributed by atoms with Crippen LogP contribution in [0.1, 0.15) is 40.3 Å². The molecule has 0 aliphatic rings. The third-order valence-corrected chi connectivity index (χ3v) is 5.11. The van der Waals surface area contributed by atoms with Gasteiger partial charge in [-0.15, -0.1) is 0 Å². The van der Waals surface area contributed by atoms with E-state index in [1.54, 1.807) is 49.5 Å². The van der Waals surface area contributed by atoms with E-state index in [0.29, 0.717) is 45.2 Å². The van der Waals surface area contributed by atoms with Crippen molar-refractivity contribution >= 4 is 40.7 Å². The van der Waals surface area contributed by atoms with E-state index in [-0.39, 0.29) is 18.4 Å². The van der Waals surface area contributed by atoms with Gasteiger partial charge in [0.15, 0.2) is 0 Å². The largest absolute Gasteiger partial charge is 0.487 e. The van der Waals surface area contributed by atoms with E-state index < -0.39 is 0 Å². The number of halogens is 2. The van der Waals surface area contributed by atoms with E-state index in [4.69, 9.17) is 27.9 Å². The van der Waals surface area contributed by atoms with Crippen LogP contribution in [0.2, 0.25) is 10.0 Å². The molecule has 0 unspecified atom stereocenters. The summed E-state index contributed by atoms with van der Waals surface area (Å²) < 4.78 is 7.15. The Balaban J connectivity index is 1.63. The number of ether oxygens (including phenoxy) is 1. The molecule has 1 aromatic heterocycles. The molecule has 9 heteroatoms. The molecule has 0 radical (unpaired) electrons. The van der Waals surface area contributed by atoms with Crippen LogP contribution in [0, 0.1) is 5.92 Å². The highest BCUT2D eigenvalue weighted by molar-refractivity contribution is 6.35. The zero-order valence-electron chi connectivity index (χ0n) is 18.0. The minimum Gasteiger partial charge on any atom is -0.487 e. The van der Waals surface area contributed by atoms with Gasteiger partial charge in [0.2, 0.25) is 0 Å². The van der Waals surface area contributed by atoms with Crippen LogP contribution in [0.25, 0.3) is 0 Å². The monoisotopic (exact) mass is 474 g/mol. The zero-order valence-corrected chi connectivity index (χ0v) is 19.5. The van der Waals surface area contributed by atoms with Crippen LogP contribution in [0.5, 0.6) is 5.75 Å². The number of nitrogens with one attached hydrogen (secondary N) is 2. The van der Waals surface area contributed by atoms with Crippen molar-refractivity contribution in [3.05, 3.63) is 75.5 Å². The van der Waals surface area contributed by atoms with Gasteiger partial charge in [-0.05, 0) is 41.8 Å². The van der Waals surface area contributed by atoms with Crippen molar-refractivity contribution < 1.29 is 14.3 Å². The molecule has 32 heavy (non-hydrogen) atoms. The molecule has 0 atom stereocenters. The SMILES string of the molecule is CC(C)CNC(=O)c1c(NC(=O)c2ccc(COc3ccc(Cl)cc3Cl)cc2)cnn1C. The summed E-state index contributed by atoms with van der Waals surface area (Å²) in [7, 11) is 1.65. The van der Waals surface area contributed by atoms with Gasteiger partial charge in [0, 0.05) is 24.2 Å². The van der Waals surface area contributed by atoms with Crippen LogP contribution in [-0.4, -0.2) is 28.1 Å². The second-order valence-electron chi connectivity index (χ2n) is 7.65. The van der Waals surface area contributed by atoms with Gasteiger partial charge in [-0.25, -0.2) is 0 Å². The Morgan fingerprint density at radius 3 is 2.47 bits per heavy atom. The normalized spacial score (nSPS) is 10.8. The van der Waals surface area contributed by atoms with Crippen molar-refractivity contribution in [3.8, 4) is 5.75 Å². The van der Waals surface area contributed by atoms with Crippen LogP contribution in [0.3, 0.4) is 0 Å². The second-order valence-corrected chi connectivity index (χ2v) is 8.49. The summed E-state index contributed by atoms with van der Waals surface area (Å²) >= 11 is 12.0. The molecule has 0 bridgehead atoms. The van der Waals surface area contributed by atoms with Gasteiger partial charge in [0.1, 0.15) is 18.1 Å². The third-order valence-electron chi connectivity index (χ3n) is 4.58. The molecule has 3 aromatic rings. The molecule has 1 heterocycles. The summed E-state index contributed by atoms with van der Waals surface area (Å²) in [6.07, 6.45) is 1.46.